The Balaban J connectivity index is 1.69. The summed E-state index contributed by atoms with van der Waals surface area (Å²) in [6, 6.07) is 0.718. The number of aryl methyl sites for hydroxylation is 2. The summed E-state index contributed by atoms with van der Waals surface area (Å²) in [5.41, 5.74) is 0.138. The first-order valence-electron chi connectivity index (χ1n) is 7.80. The number of nitrogens with zero attached hydrogens (tertiary/aromatic N) is 2. The Bertz CT molecular complexity index is 415. The maximum atomic E-state index is 12.0. The van der Waals surface area contributed by atoms with Gasteiger partial charge in [0.25, 0.3) is 0 Å². The van der Waals surface area contributed by atoms with E-state index in [9.17, 15) is 4.79 Å². The summed E-state index contributed by atoms with van der Waals surface area (Å²) in [5.74, 6) is 0. The van der Waals surface area contributed by atoms with Crippen molar-refractivity contribution in [3.8, 4) is 0 Å². The molecule has 0 aliphatic heterocycles. The minimum absolute atomic E-state index is 0.138. The highest BCUT2D eigenvalue weighted by Gasteiger charge is 2.11. The average molecular weight is 265 g/mol. The molecule has 1 aliphatic carbocycles. The third-order valence-electron chi connectivity index (χ3n) is 4.00. The van der Waals surface area contributed by atoms with Crippen molar-refractivity contribution < 1.29 is 0 Å². The molecule has 0 bridgehead atoms. The molecule has 2 rings (SSSR count). The minimum atomic E-state index is 0.138. The Morgan fingerprint density at radius 1 is 1.16 bits per heavy atom. The van der Waals surface area contributed by atoms with Crippen LogP contribution in [0.1, 0.15) is 51.9 Å². The van der Waals surface area contributed by atoms with Gasteiger partial charge in [-0.15, -0.1) is 0 Å². The van der Waals surface area contributed by atoms with Crippen molar-refractivity contribution in [2.45, 2.75) is 71.0 Å². The van der Waals surface area contributed by atoms with E-state index in [1.165, 1.54) is 32.1 Å². The molecule has 0 aromatic carbocycles. The fourth-order valence-electron chi connectivity index (χ4n) is 2.90. The van der Waals surface area contributed by atoms with Gasteiger partial charge >= 0.3 is 5.69 Å². The predicted octanol–water partition coefficient (Wildman–Crippen LogP) is 2.37. The van der Waals surface area contributed by atoms with Gasteiger partial charge in [0.15, 0.2) is 0 Å². The summed E-state index contributed by atoms with van der Waals surface area (Å²) in [5, 5.41) is 3.62. The van der Waals surface area contributed by atoms with Gasteiger partial charge in [-0.3, -0.25) is 9.13 Å². The molecule has 4 nitrogen and oxygen atoms in total. The Morgan fingerprint density at radius 2 is 1.84 bits per heavy atom. The van der Waals surface area contributed by atoms with E-state index in [1.807, 2.05) is 17.0 Å². The molecule has 0 saturated heterocycles. The summed E-state index contributed by atoms with van der Waals surface area (Å²) in [4.78, 5) is 12.0. The standard InChI is InChI=1S/C15H27N3O/c1-2-10-17-12-13-18(15(17)19)11-6-9-16-14-7-4-3-5-8-14/h12-14,16H,2-11H2,1H3. The largest absolute Gasteiger partial charge is 0.328 e. The predicted molar refractivity (Wildman–Crippen MR) is 78.5 cm³/mol. The van der Waals surface area contributed by atoms with Crippen LogP contribution in [0.25, 0.3) is 0 Å². The topological polar surface area (TPSA) is 39.0 Å². The number of aromatic nitrogens is 2. The van der Waals surface area contributed by atoms with Crippen molar-refractivity contribution >= 4 is 0 Å². The van der Waals surface area contributed by atoms with Crippen molar-refractivity contribution in [3.63, 3.8) is 0 Å². The molecule has 0 atom stereocenters. The van der Waals surface area contributed by atoms with Gasteiger partial charge in [-0.25, -0.2) is 4.79 Å². The average Bonchev–Trinajstić information content (AvgIpc) is 2.78. The van der Waals surface area contributed by atoms with Crippen LogP contribution in [0, 0.1) is 0 Å². The van der Waals surface area contributed by atoms with E-state index in [4.69, 9.17) is 0 Å². The van der Waals surface area contributed by atoms with Crippen LogP contribution >= 0.6 is 0 Å². The van der Waals surface area contributed by atoms with Gasteiger partial charge in [0.2, 0.25) is 0 Å². The van der Waals surface area contributed by atoms with Gasteiger partial charge < -0.3 is 5.32 Å². The molecule has 1 fully saturated rings. The lowest BCUT2D eigenvalue weighted by Gasteiger charge is -2.22. The van der Waals surface area contributed by atoms with E-state index in [2.05, 4.69) is 12.2 Å². The normalized spacial score (nSPS) is 16.9. The lowest BCUT2D eigenvalue weighted by molar-refractivity contribution is 0.368. The first-order chi connectivity index (χ1) is 9.31. The molecule has 0 amide bonds. The second-order valence-electron chi connectivity index (χ2n) is 5.61. The van der Waals surface area contributed by atoms with E-state index >= 15 is 0 Å². The second-order valence-corrected chi connectivity index (χ2v) is 5.61. The zero-order chi connectivity index (χ0) is 13.5. The third-order valence-corrected chi connectivity index (χ3v) is 4.00. The minimum Gasteiger partial charge on any atom is -0.314 e. The Hall–Kier alpha value is -1.03. The molecule has 1 aromatic rings. The molecule has 1 N–H and O–H groups in total. The Morgan fingerprint density at radius 3 is 2.53 bits per heavy atom. The van der Waals surface area contributed by atoms with Gasteiger partial charge in [-0.05, 0) is 32.2 Å². The van der Waals surface area contributed by atoms with Gasteiger partial charge in [0.1, 0.15) is 0 Å². The van der Waals surface area contributed by atoms with Crippen molar-refractivity contribution in [2.75, 3.05) is 6.54 Å². The molecule has 0 radical (unpaired) electrons. The summed E-state index contributed by atoms with van der Waals surface area (Å²) in [7, 11) is 0. The zero-order valence-corrected chi connectivity index (χ0v) is 12.1. The van der Waals surface area contributed by atoms with E-state index in [-0.39, 0.29) is 5.69 Å². The molecule has 1 heterocycles. The van der Waals surface area contributed by atoms with E-state index < -0.39 is 0 Å². The van der Waals surface area contributed by atoms with Crippen LogP contribution in [0.2, 0.25) is 0 Å². The highest BCUT2D eigenvalue weighted by molar-refractivity contribution is 4.81. The quantitative estimate of drug-likeness (QED) is 0.769. The van der Waals surface area contributed by atoms with Gasteiger partial charge in [-0.1, -0.05) is 26.2 Å². The number of hydrogen-bond donors (Lipinski definition) is 1. The molecule has 0 unspecified atom stereocenters. The number of nitrogens with one attached hydrogen (secondary N) is 1. The maximum Gasteiger partial charge on any atom is 0.328 e. The van der Waals surface area contributed by atoms with Crippen LogP contribution < -0.4 is 11.0 Å². The highest BCUT2D eigenvalue weighted by atomic mass is 16.1. The van der Waals surface area contributed by atoms with Gasteiger partial charge in [-0.2, -0.15) is 0 Å². The monoisotopic (exact) mass is 265 g/mol. The summed E-state index contributed by atoms with van der Waals surface area (Å²) < 4.78 is 3.63. The molecular weight excluding hydrogens is 238 g/mol. The molecular formula is C15H27N3O. The van der Waals surface area contributed by atoms with Gasteiger partial charge in [0, 0.05) is 31.5 Å². The van der Waals surface area contributed by atoms with Crippen LogP contribution in [0.15, 0.2) is 17.2 Å². The van der Waals surface area contributed by atoms with E-state index in [0.29, 0.717) is 0 Å². The fourth-order valence-corrected chi connectivity index (χ4v) is 2.90. The Kier molecular flexibility index (Phi) is 5.70. The summed E-state index contributed by atoms with van der Waals surface area (Å²) in [6.45, 7) is 4.77. The molecule has 108 valence electrons. The van der Waals surface area contributed by atoms with E-state index in [0.717, 1.165) is 38.5 Å². The zero-order valence-electron chi connectivity index (χ0n) is 12.1. The van der Waals surface area contributed by atoms with Crippen LogP contribution in [-0.2, 0) is 13.1 Å². The van der Waals surface area contributed by atoms with Crippen LogP contribution in [0.5, 0.6) is 0 Å². The molecule has 0 spiro atoms. The van der Waals surface area contributed by atoms with Crippen molar-refractivity contribution in [3.05, 3.63) is 22.9 Å². The molecule has 1 saturated carbocycles. The molecule has 4 heteroatoms. The first kappa shape index (κ1) is 14.4. The molecule has 1 aliphatic rings. The highest BCUT2D eigenvalue weighted by Crippen LogP contribution is 2.17. The number of rotatable bonds is 7. The SMILES string of the molecule is CCCn1ccn(CCCNC2CCCCC2)c1=O. The lowest BCUT2D eigenvalue weighted by atomic mass is 9.95. The van der Waals surface area contributed by atoms with Crippen LogP contribution in [-0.4, -0.2) is 21.7 Å². The van der Waals surface area contributed by atoms with Crippen molar-refractivity contribution in [1.82, 2.24) is 14.5 Å². The first-order valence-corrected chi connectivity index (χ1v) is 7.80. The summed E-state index contributed by atoms with van der Waals surface area (Å²) >= 11 is 0. The number of imidazole rings is 1. The van der Waals surface area contributed by atoms with Crippen molar-refractivity contribution in [2.24, 2.45) is 0 Å². The molecule has 1 aromatic heterocycles. The van der Waals surface area contributed by atoms with Gasteiger partial charge in [0.05, 0.1) is 0 Å². The van der Waals surface area contributed by atoms with Crippen LogP contribution in [0.3, 0.4) is 0 Å². The third kappa shape index (κ3) is 4.23. The van der Waals surface area contributed by atoms with E-state index in [1.54, 1.807) is 4.57 Å². The van der Waals surface area contributed by atoms with Crippen LogP contribution in [0.4, 0.5) is 0 Å². The molecule has 19 heavy (non-hydrogen) atoms. The summed E-state index contributed by atoms with van der Waals surface area (Å²) in [6.07, 6.45) is 12.7. The fraction of sp³-hybridized carbons (Fsp3) is 0.800. The maximum absolute atomic E-state index is 12.0. The number of hydrogen-bond acceptors (Lipinski definition) is 2. The second kappa shape index (κ2) is 7.53. The van der Waals surface area contributed by atoms with Crippen molar-refractivity contribution in [1.29, 1.82) is 0 Å². The smallest absolute Gasteiger partial charge is 0.314 e. The lowest BCUT2D eigenvalue weighted by Crippen LogP contribution is -2.32. The Labute approximate surface area is 115 Å².